The lowest BCUT2D eigenvalue weighted by Gasteiger charge is -2.18. The van der Waals surface area contributed by atoms with E-state index in [1.54, 1.807) is 25.9 Å². The van der Waals surface area contributed by atoms with Crippen molar-refractivity contribution in [1.29, 1.82) is 0 Å². The van der Waals surface area contributed by atoms with Gasteiger partial charge in [0.1, 0.15) is 11.3 Å². The number of hydrogen-bond acceptors (Lipinski definition) is 5. The standard InChI is InChI=1S/C24H28N4O3/c1-14(2)22-21(15(3)31-26-22)24(30)28-11-10-16(13-28)20-12-18(23(29)27(4)5)17-8-6-7-9-19(17)25-20/h6-9,12,14,16H,10-11,13H2,1-5H3/t16-/m1/s1. The summed E-state index contributed by atoms with van der Waals surface area (Å²) in [6.45, 7) is 6.98. The molecule has 1 fully saturated rings. The predicted octanol–water partition coefficient (Wildman–Crippen LogP) is 3.99. The molecule has 1 aliphatic rings. The molecule has 0 spiro atoms. The predicted molar refractivity (Wildman–Crippen MR) is 118 cm³/mol. The molecule has 31 heavy (non-hydrogen) atoms. The van der Waals surface area contributed by atoms with E-state index in [1.165, 1.54) is 0 Å². The third-order valence-corrected chi connectivity index (χ3v) is 5.92. The zero-order valence-corrected chi connectivity index (χ0v) is 18.7. The van der Waals surface area contributed by atoms with Crippen molar-refractivity contribution >= 4 is 22.7 Å². The maximum atomic E-state index is 13.3. The highest BCUT2D eigenvalue weighted by Gasteiger charge is 2.33. The van der Waals surface area contributed by atoms with Gasteiger partial charge in [0.05, 0.1) is 16.8 Å². The van der Waals surface area contributed by atoms with Crippen LogP contribution in [0, 0.1) is 6.92 Å². The number of hydrogen-bond donors (Lipinski definition) is 0. The van der Waals surface area contributed by atoms with E-state index in [1.807, 2.05) is 49.1 Å². The smallest absolute Gasteiger partial charge is 0.259 e. The Kier molecular flexibility index (Phi) is 5.52. The van der Waals surface area contributed by atoms with E-state index in [4.69, 9.17) is 9.51 Å². The second-order valence-electron chi connectivity index (χ2n) is 8.70. The molecular weight excluding hydrogens is 392 g/mol. The average molecular weight is 421 g/mol. The Labute approximate surface area is 182 Å². The van der Waals surface area contributed by atoms with Crippen molar-refractivity contribution in [1.82, 2.24) is 19.9 Å². The summed E-state index contributed by atoms with van der Waals surface area (Å²) in [4.78, 5) is 34.3. The fraction of sp³-hybridized carbons (Fsp3) is 0.417. The number of carbonyl (C=O) groups excluding carboxylic acids is 2. The molecule has 1 atom stereocenters. The second kappa shape index (κ2) is 8.13. The Morgan fingerprint density at radius 1 is 1.23 bits per heavy atom. The molecule has 3 aromatic rings. The summed E-state index contributed by atoms with van der Waals surface area (Å²) in [5, 5.41) is 4.93. The van der Waals surface area contributed by atoms with Gasteiger partial charge in [0.25, 0.3) is 11.8 Å². The number of fused-ring (bicyclic) bond motifs is 1. The number of aryl methyl sites for hydroxylation is 1. The van der Waals surface area contributed by atoms with Crippen LogP contribution >= 0.6 is 0 Å². The van der Waals surface area contributed by atoms with Crippen LogP contribution in [0.2, 0.25) is 0 Å². The zero-order chi connectivity index (χ0) is 22.3. The molecule has 1 aromatic carbocycles. The van der Waals surface area contributed by atoms with Gasteiger partial charge in [0.2, 0.25) is 0 Å². The highest BCUT2D eigenvalue weighted by molar-refractivity contribution is 6.06. The summed E-state index contributed by atoms with van der Waals surface area (Å²) in [5.74, 6) is 0.643. The van der Waals surface area contributed by atoms with E-state index in [9.17, 15) is 9.59 Å². The first-order valence-electron chi connectivity index (χ1n) is 10.6. The molecule has 1 saturated heterocycles. The topological polar surface area (TPSA) is 79.5 Å². The Hall–Kier alpha value is -3.22. The number of nitrogens with zero attached hydrogens (tertiary/aromatic N) is 4. The van der Waals surface area contributed by atoms with Gasteiger partial charge in [0, 0.05) is 44.2 Å². The lowest BCUT2D eigenvalue weighted by molar-refractivity contribution is 0.0785. The second-order valence-corrected chi connectivity index (χ2v) is 8.70. The fourth-order valence-electron chi connectivity index (χ4n) is 4.21. The van der Waals surface area contributed by atoms with E-state index in [-0.39, 0.29) is 23.7 Å². The molecule has 0 saturated carbocycles. The van der Waals surface area contributed by atoms with E-state index >= 15 is 0 Å². The first-order chi connectivity index (χ1) is 14.8. The lowest BCUT2D eigenvalue weighted by atomic mass is 9.99. The Bertz CT molecular complexity index is 1150. The number of carbonyl (C=O) groups is 2. The molecule has 1 aliphatic heterocycles. The Morgan fingerprint density at radius 3 is 2.68 bits per heavy atom. The van der Waals surface area contributed by atoms with Crippen molar-refractivity contribution in [3.05, 3.63) is 58.6 Å². The highest BCUT2D eigenvalue weighted by Crippen LogP contribution is 2.32. The maximum absolute atomic E-state index is 13.3. The van der Waals surface area contributed by atoms with Crippen LogP contribution in [0.15, 0.2) is 34.9 Å². The molecule has 2 amide bonds. The zero-order valence-electron chi connectivity index (χ0n) is 18.7. The minimum Gasteiger partial charge on any atom is -0.361 e. The van der Waals surface area contributed by atoms with Crippen LogP contribution in [0.25, 0.3) is 10.9 Å². The number of likely N-dealkylation sites (tertiary alicyclic amines) is 1. The number of benzene rings is 1. The quantitative estimate of drug-likeness (QED) is 0.638. The summed E-state index contributed by atoms with van der Waals surface area (Å²) in [7, 11) is 3.50. The van der Waals surface area contributed by atoms with E-state index in [0.717, 1.165) is 23.0 Å². The molecule has 0 unspecified atom stereocenters. The molecule has 0 bridgehead atoms. The molecule has 0 radical (unpaired) electrons. The number of amides is 2. The molecule has 3 heterocycles. The average Bonchev–Trinajstić information content (AvgIpc) is 3.39. The number of rotatable bonds is 4. The first-order valence-corrected chi connectivity index (χ1v) is 10.6. The Morgan fingerprint density at radius 2 is 1.97 bits per heavy atom. The third kappa shape index (κ3) is 3.80. The fourth-order valence-corrected chi connectivity index (χ4v) is 4.21. The van der Waals surface area contributed by atoms with Crippen molar-refractivity contribution in [2.45, 2.75) is 39.0 Å². The summed E-state index contributed by atoms with van der Waals surface area (Å²) < 4.78 is 5.31. The van der Waals surface area contributed by atoms with E-state index < -0.39 is 0 Å². The van der Waals surface area contributed by atoms with Gasteiger partial charge in [-0.15, -0.1) is 0 Å². The third-order valence-electron chi connectivity index (χ3n) is 5.92. The van der Waals surface area contributed by atoms with Gasteiger partial charge < -0.3 is 14.3 Å². The molecule has 0 aliphatic carbocycles. The van der Waals surface area contributed by atoms with E-state index in [2.05, 4.69) is 5.16 Å². The summed E-state index contributed by atoms with van der Waals surface area (Å²) in [6, 6.07) is 9.59. The van der Waals surface area contributed by atoms with Gasteiger partial charge in [-0.3, -0.25) is 14.6 Å². The van der Waals surface area contributed by atoms with Crippen LogP contribution < -0.4 is 0 Å². The molecule has 4 rings (SSSR count). The van der Waals surface area contributed by atoms with Crippen LogP contribution in [0.5, 0.6) is 0 Å². The van der Waals surface area contributed by atoms with Gasteiger partial charge in [-0.05, 0) is 31.4 Å². The van der Waals surface area contributed by atoms with Crippen LogP contribution in [-0.4, -0.2) is 58.9 Å². The normalized spacial score (nSPS) is 16.3. The minimum absolute atomic E-state index is 0.0460. The van der Waals surface area contributed by atoms with Crippen LogP contribution in [0.3, 0.4) is 0 Å². The SMILES string of the molecule is Cc1onc(C(C)C)c1C(=O)N1CC[C@@H](c2cc(C(=O)N(C)C)c3ccccc3n2)C1. The molecule has 162 valence electrons. The monoisotopic (exact) mass is 420 g/mol. The number of pyridine rings is 1. The van der Waals surface area contributed by atoms with Crippen LogP contribution in [0.1, 0.15) is 70.0 Å². The van der Waals surface area contributed by atoms with Crippen molar-refractivity contribution in [2.75, 3.05) is 27.2 Å². The van der Waals surface area contributed by atoms with Crippen molar-refractivity contribution in [3.63, 3.8) is 0 Å². The minimum atomic E-state index is -0.0487. The molecule has 0 N–H and O–H groups in total. The Balaban J connectivity index is 1.65. The van der Waals surface area contributed by atoms with Gasteiger partial charge >= 0.3 is 0 Å². The van der Waals surface area contributed by atoms with Gasteiger partial charge in [-0.2, -0.15) is 0 Å². The van der Waals surface area contributed by atoms with Crippen molar-refractivity contribution < 1.29 is 14.1 Å². The van der Waals surface area contributed by atoms with Crippen LogP contribution in [-0.2, 0) is 0 Å². The first kappa shape index (κ1) is 21.0. The van der Waals surface area contributed by atoms with Crippen molar-refractivity contribution in [3.8, 4) is 0 Å². The number of para-hydroxylation sites is 1. The summed E-state index contributed by atoms with van der Waals surface area (Å²) in [6.07, 6.45) is 0.800. The van der Waals surface area contributed by atoms with Crippen LogP contribution in [0.4, 0.5) is 0 Å². The summed E-state index contributed by atoms with van der Waals surface area (Å²) in [5.41, 5.74) is 3.57. The summed E-state index contributed by atoms with van der Waals surface area (Å²) >= 11 is 0. The molecule has 2 aromatic heterocycles. The van der Waals surface area contributed by atoms with E-state index in [0.29, 0.717) is 35.7 Å². The lowest BCUT2D eigenvalue weighted by Crippen LogP contribution is -2.29. The highest BCUT2D eigenvalue weighted by atomic mass is 16.5. The van der Waals surface area contributed by atoms with Crippen molar-refractivity contribution in [2.24, 2.45) is 0 Å². The molecular formula is C24H28N4O3. The number of aromatic nitrogens is 2. The van der Waals surface area contributed by atoms with Gasteiger partial charge in [0.15, 0.2) is 0 Å². The maximum Gasteiger partial charge on any atom is 0.259 e. The van der Waals surface area contributed by atoms with Gasteiger partial charge in [-0.1, -0.05) is 37.2 Å². The molecule has 7 heteroatoms. The van der Waals surface area contributed by atoms with Gasteiger partial charge in [-0.25, -0.2) is 0 Å². The molecule has 7 nitrogen and oxygen atoms in total. The largest absolute Gasteiger partial charge is 0.361 e.